The van der Waals surface area contributed by atoms with E-state index in [1.807, 2.05) is 31.2 Å². The number of hydrazone groups is 1. The number of hydrogen-bond acceptors (Lipinski definition) is 9. The zero-order valence-corrected chi connectivity index (χ0v) is 19.2. The Hall–Kier alpha value is -3.36. The van der Waals surface area contributed by atoms with Gasteiger partial charge in [0.2, 0.25) is 17.0 Å². The summed E-state index contributed by atoms with van der Waals surface area (Å²) in [5, 5.41) is 24.5. The van der Waals surface area contributed by atoms with Crippen LogP contribution in [-0.2, 0) is 17.6 Å². The van der Waals surface area contributed by atoms with Crippen LogP contribution >= 0.6 is 23.1 Å². The van der Waals surface area contributed by atoms with E-state index in [0.29, 0.717) is 21.7 Å². The van der Waals surface area contributed by atoms with Crippen molar-refractivity contribution < 1.29 is 9.53 Å². The number of rotatable bonds is 8. The number of thiophene rings is 1. The molecule has 32 heavy (non-hydrogen) atoms. The summed E-state index contributed by atoms with van der Waals surface area (Å²) in [5.74, 6) is 1.06. The summed E-state index contributed by atoms with van der Waals surface area (Å²) in [6.45, 7) is 1.87. The Balaban J connectivity index is 1.31. The Morgan fingerprint density at radius 1 is 1.44 bits per heavy atom. The summed E-state index contributed by atoms with van der Waals surface area (Å²) in [5.41, 5.74) is 6.20. The van der Waals surface area contributed by atoms with Crippen molar-refractivity contribution in [2.24, 2.45) is 5.10 Å². The summed E-state index contributed by atoms with van der Waals surface area (Å²) in [4.78, 5) is 17.9. The van der Waals surface area contributed by atoms with E-state index in [2.05, 4.69) is 37.1 Å². The largest absolute Gasteiger partial charge is 0.497 e. The molecule has 1 aromatic carbocycles. The Bertz CT molecular complexity index is 1210. The first-order valence-electron chi connectivity index (χ1n) is 9.91. The Kier molecular flexibility index (Phi) is 6.72. The molecule has 11 heteroatoms. The van der Waals surface area contributed by atoms with Crippen LogP contribution < -0.4 is 15.5 Å². The molecule has 0 atom stereocenters. The van der Waals surface area contributed by atoms with Gasteiger partial charge in [-0.2, -0.15) is 15.3 Å². The molecule has 0 radical (unpaired) electrons. The summed E-state index contributed by atoms with van der Waals surface area (Å²) < 4.78 is 5.23. The van der Waals surface area contributed by atoms with Crippen molar-refractivity contribution in [2.75, 3.05) is 23.6 Å². The van der Waals surface area contributed by atoms with Gasteiger partial charge in [-0.3, -0.25) is 4.79 Å². The van der Waals surface area contributed by atoms with Crippen molar-refractivity contribution >= 4 is 45.7 Å². The molecule has 9 nitrogen and oxygen atoms in total. The lowest BCUT2D eigenvalue weighted by atomic mass is 10.1. The number of nitrogens with one attached hydrogen (secondary N) is 3. The number of amides is 1. The van der Waals surface area contributed by atoms with E-state index >= 15 is 0 Å². The van der Waals surface area contributed by atoms with E-state index in [9.17, 15) is 10.1 Å². The first kappa shape index (κ1) is 21.9. The third-order valence-corrected chi connectivity index (χ3v) is 6.95. The first-order chi connectivity index (χ1) is 15.6. The number of methoxy groups -OCH3 is 1. The maximum absolute atomic E-state index is 12.4. The molecule has 0 bridgehead atoms. The van der Waals surface area contributed by atoms with Gasteiger partial charge in [0, 0.05) is 10.4 Å². The Labute approximate surface area is 193 Å². The molecule has 2 aromatic heterocycles. The van der Waals surface area contributed by atoms with Gasteiger partial charge in [-0.1, -0.05) is 23.9 Å². The monoisotopic (exact) mass is 467 g/mol. The van der Waals surface area contributed by atoms with Crippen LogP contribution in [0.2, 0.25) is 0 Å². The van der Waals surface area contributed by atoms with Crippen molar-refractivity contribution in [3.63, 3.8) is 0 Å². The fourth-order valence-corrected chi connectivity index (χ4v) is 5.17. The number of aryl methyl sites for hydroxylation is 1. The van der Waals surface area contributed by atoms with Crippen molar-refractivity contribution in [3.8, 4) is 11.8 Å². The number of anilines is 2. The summed E-state index contributed by atoms with van der Waals surface area (Å²) in [6.07, 6.45) is 2.96. The number of H-pyrrole nitrogens is 1. The zero-order valence-electron chi connectivity index (χ0n) is 17.6. The van der Waals surface area contributed by atoms with Crippen LogP contribution in [0.15, 0.2) is 34.5 Å². The highest BCUT2D eigenvalue weighted by molar-refractivity contribution is 7.99. The normalized spacial score (nSPS) is 12.8. The smallest absolute Gasteiger partial charge is 0.240 e. The number of nitrogens with zero attached hydrogens (tertiary/aromatic N) is 4. The predicted molar refractivity (Wildman–Crippen MR) is 126 cm³/mol. The van der Waals surface area contributed by atoms with Crippen LogP contribution in [0.4, 0.5) is 10.9 Å². The topological polar surface area (TPSA) is 128 Å². The van der Waals surface area contributed by atoms with Gasteiger partial charge in [0.15, 0.2) is 0 Å². The molecule has 1 aliphatic rings. The molecule has 0 saturated heterocycles. The number of ether oxygens (including phenoxy) is 1. The molecular weight excluding hydrogens is 446 g/mol. The van der Waals surface area contributed by atoms with E-state index in [0.717, 1.165) is 41.9 Å². The quantitative estimate of drug-likeness (QED) is 0.261. The molecule has 2 heterocycles. The summed E-state index contributed by atoms with van der Waals surface area (Å²) in [7, 11) is 1.62. The highest BCUT2D eigenvalue weighted by Gasteiger charge is 2.23. The van der Waals surface area contributed by atoms with Crippen molar-refractivity contribution in [1.29, 1.82) is 5.26 Å². The Morgan fingerprint density at radius 2 is 2.31 bits per heavy atom. The zero-order chi connectivity index (χ0) is 22.5. The number of aromatic amines is 1. The molecule has 3 aromatic rings. The summed E-state index contributed by atoms with van der Waals surface area (Å²) in [6, 6.07) is 9.82. The molecule has 0 unspecified atom stereocenters. The molecule has 3 N–H and O–H groups in total. The lowest BCUT2D eigenvalue weighted by Gasteiger charge is -2.04. The Morgan fingerprint density at radius 3 is 3.12 bits per heavy atom. The predicted octanol–water partition coefficient (Wildman–Crippen LogP) is 3.80. The lowest BCUT2D eigenvalue weighted by molar-refractivity contribution is -0.113. The highest BCUT2D eigenvalue weighted by Crippen LogP contribution is 2.38. The maximum atomic E-state index is 12.4. The van der Waals surface area contributed by atoms with E-state index in [-0.39, 0.29) is 11.7 Å². The van der Waals surface area contributed by atoms with E-state index < -0.39 is 0 Å². The second-order valence-electron chi connectivity index (χ2n) is 7.02. The number of fused-ring (bicyclic) bond motifs is 1. The first-order valence-corrected chi connectivity index (χ1v) is 11.7. The van der Waals surface area contributed by atoms with Gasteiger partial charge >= 0.3 is 0 Å². The third kappa shape index (κ3) is 4.92. The second-order valence-corrected chi connectivity index (χ2v) is 9.07. The van der Waals surface area contributed by atoms with Crippen LogP contribution in [-0.4, -0.2) is 39.7 Å². The molecular formula is C21H21N7O2S2. The van der Waals surface area contributed by atoms with Crippen molar-refractivity contribution in [2.45, 2.75) is 31.3 Å². The van der Waals surface area contributed by atoms with Gasteiger partial charge in [0.25, 0.3) is 0 Å². The van der Waals surface area contributed by atoms with Gasteiger partial charge in [0.1, 0.15) is 16.8 Å². The van der Waals surface area contributed by atoms with E-state index in [1.54, 1.807) is 7.11 Å². The number of thioether (sulfide) groups is 1. The minimum atomic E-state index is -0.197. The SMILES string of the molecule is COc1cccc(/C(C)=N/Nc2nc(SCC(=O)Nc3sc4c(c3C#N)CCC4)n[nH]2)c1. The molecule has 0 fully saturated rings. The minimum absolute atomic E-state index is 0.136. The number of benzene rings is 1. The second kappa shape index (κ2) is 9.84. The average molecular weight is 468 g/mol. The van der Waals surface area contributed by atoms with Gasteiger partial charge < -0.3 is 10.1 Å². The van der Waals surface area contributed by atoms with Gasteiger partial charge in [-0.25, -0.2) is 10.5 Å². The molecule has 4 rings (SSSR count). The molecule has 0 spiro atoms. The van der Waals surface area contributed by atoms with E-state index in [4.69, 9.17) is 4.74 Å². The van der Waals surface area contributed by atoms with Crippen molar-refractivity contribution in [1.82, 2.24) is 15.2 Å². The lowest BCUT2D eigenvalue weighted by Crippen LogP contribution is -2.14. The molecule has 0 aliphatic heterocycles. The highest BCUT2D eigenvalue weighted by atomic mass is 32.2. The molecule has 164 valence electrons. The summed E-state index contributed by atoms with van der Waals surface area (Å²) >= 11 is 2.70. The van der Waals surface area contributed by atoms with Crippen LogP contribution in [0, 0.1) is 11.3 Å². The third-order valence-electron chi connectivity index (χ3n) is 4.90. The van der Waals surface area contributed by atoms with Crippen LogP contribution in [0.25, 0.3) is 0 Å². The fraction of sp³-hybridized carbons (Fsp3) is 0.286. The standard InChI is InChI=1S/C21H21N7O2S2/c1-12(13-5-3-6-14(9-13)30-2)25-26-20-24-21(28-27-20)31-11-18(29)23-19-16(10-22)15-7-4-8-17(15)32-19/h3,5-6,9H,4,7-8,11H2,1-2H3,(H,23,29)(H2,24,26,27,28)/b25-12+. The van der Waals surface area contributed by atoms with Gasteiger partial charge in [0.05, 0.1) is 24.1 Å². The van der Waals surface area contributed by atoms with Crippen LogP contribution in [0.5, 0.6) is 5.75 Å². The van der Waals surface area contributed by atoms with Crippen LogP contribution in [0.3, 0.4) is 0 Å². The number of aromatic nitrogens is 3. The van der Waals surface area contributed by atoms with Crippen molar-refractivity contribution in [3.05, 3.63) is 45.8 Å². The molecule has 1 aliphatic carbocycles. The van der Waals surface area contributed by atoms with E-state index in [1.165, 1.54) is 28.0 Å². The molecule has 1 amide bonds. The average Bonchev–Trinajstić information content (AvgIpc) is 3.52. The minimum Gasteiger partial charge on any atom is -0.497 e. The fourth-order valence-electron chi connectivity index (χ4n) is 3.31. The number of nitriles is 1. The van der Waals surface area contributed by atoms with Crippen LogP contribution in [0.1, 0.15) is 34.9 Å². The maximum Gasteiger partial charge on any atom is 0.240 e. The number of hydrogen-bond donors (Lipinski definition) is 3. The van der Waals surface area contributed by atoms with Gasteiger partial charge in [-0.15, -0.1) is 16.4 Å². The number of carbonyl (C=O) groups excluding carboxylic acids is 1. The van der Waals surface area contributed by atoms with Gasteiger partial charge in [-0.05, 0) is 43.9 Å². The molecule has 0 saturated carbocycles. The number of carbonyl (C=O) groups is 1.